The van der Waals surface area contributed by atoms with Crippen molar-refractivity contribution in [3.05, 3.63) is 42.2 Å². The van der Waals surface area contributed by atoms with Crippen LogP contribution in [0.4, 0.5) is 0 Å². The third-order valence-corrected chi connectivity index (χ3v) is 5.09. The average molecular weight is 311 g/mol. The maximum atomic E-state index is 13.1. The number of rotatable bonds is 2. The fourth-order valence-corrected chi connectivity index (χ4v) is 3.88. The molecule has 2 fully saturated rings. The number of carbonyl (C=O) groups excluding carboxylic acids is 1. The Balaban J connectivity index is 1.64. The van der Waals surface area contributed by atoms with Gasteiger partial charge in [0.05, 0.1) is 23.6 Å². The Bertz CT molecular complexity index is 699. The van der Waals surface area contributed by atoms with Gasteiger partial charge in [-0.1, -0.05) is 12.1 Å². The molecule has 23 heavy (non-hydrogen) atoms. The normalized spacial score (nSPS) is 27.0. The van der Waals surface area contributed by atoms with Crippen LogP contribution in [0, 0.1) is 5.92 Å². The van der Waals surface area contributed by atoms with Crippen LogP contribution in [0.25, 0.3) is 5.69 Å². The lowest BCUT2D eigenvalue weighted by atomic mass is 9.87. The molecule has 4 rings (SSSR count). The van der Waals surface area contributed by atoms with E-state index in [0.717, 1.165) is 25.2 Å². The van der Waals surface area contributed by atoms with E-state index in [1.165, 1.54) is 11.2 Å². The van der Waals surface area contributed by atoms with Gasteiger partial charge in [0.1, 0.15) is 0 Å². The third kappa shape index (κ3) is 2.53. The van der Waals surface area contributed by atoms with Gasteiger partial charge < -0.3 is 10.2 Å². The number of likely N-dealkylation sites (tertiary alicyclic amines) is 1. The monoisotopic (exact) mass is 311 g/mol. The highest BCUT2D eigenvalue weighted by atomic mass is 16.2. The lowest BCUT2D eigenvalue weighted by molar-refractivity contribution is 0.0546. The maximum absolute atomic E-state index is 13.1. The third-order valence-electron chi connectivity index (χ3n) is 5.09. The van der Waals surface area contributed by atoms with Crippen molar-refractivity contribution in [2.45, 2.75) is 31.8 Å². The van der Waals surface area contributed by atoms with Gasteiger partial charge in [0.15, 0.2) is 0 Å². The van der Waals surface area contributed by atoms with E-state index in [-0.39, 0.29) is 11.9 Å². The quantitative estimate of drug-likeness (QED) is 0.912. The van der Waals surface area contributed by atoms with Gasteiger partial charge in [-0.3, -0.25) is 4.79 Å². The minimum Gasteiger partial charge on any atom is -0.334 e. The van der Waals surface area contributed by atoms with Gasteiger partial charge in [0.25, 0.3) is 5.91 Å². The van der Waals surface area contributed by atoms with E-state index in [1.54, 1.807) is 12.4 Å². The van der Waals surface area contributed by atoms with Crippen LogP contribution in [-0.2, 0) is 0 Å². The smallest absolute Gasteiger partial charge is 0.256 e. The molecule has 1 aromatic heterocycles. The van der Waals surface area contributed by atoms with E-state index in [0.29, 0.717) is 17.5 Å². The Hall–Kier alpha value is -2.21. The van der Waals surface area contributed by atoms with E-state index in [2.05, 4.69) is 22.4 Å². The number of amides is 1. The molecule has 2 aromatic rings. The number of nitrogens with zero attached hydrogens (tertiary/aromatic N) is 4. The molecule has 1 N–H and O–H groups in total. The Morgan fingerprint density at radius 2 is 2.04 bits per heavy atom. The van der Waals surface area contributed by atoms with Crippen LogP contribution in [0.5, 0.6) is 0 Å². The number of nitrogens with one attached hydrogen (secondary N) is 1. The van der Waals surface area contributed by atoms with Crippen LogP contribution < -0.4 is 5.32 Å². The number of hydrogen-bond donors (Lipinski definition) is 1. The van der Waals surface area contributed by atoms with E-state index in [9.17, 15) is 4.79 Å². The summed E-state index contributed by atoms with van der Waals surface area (Å²) in [5.41, 5.74) is 1.39. The molecular weight excluding hydrogens is 290 g/mol. The topological polar surface area (TPSA) is 63.1 Å². The van der Waals surface area contributed by atoms with E-state index < -0.39 is 0 Å². The first kappa shape index (κ1) is 14.4. The van der Waals surface area contributed by atoms with Crippen LogP contribution in [0.2, 0.25) is 0 Å². The SMILES string of the molecule is C[C@@H]1C[C@H]2CCN[C@H]2CN1C(=O)c1ccccc1-n1nccn1. The molecule has 3 atom stereocenters. The van der Waals surface area contributed by atoms with E-state index in [4.69, 9.17) is 0 Å². The van der Waals surface area contributed by atoms with E-state index >= 15 is 0 Å². The van der Waals surface area contributed by atoms with Gasteiger partial charge in [-0.2, -0.15) is 15.0 Å². The Kier molecular flexibility index (Phi) is 3.61. The second-order valence-corrected chi connectivity index (χ2v) is 6.49. The van der Waals surface area contributed by atoms with Crippen LogP contribution in [0.3, 0.4) is 0 Å². The largest absolute Gasteiger partial charge is 0.334 e. The van der Waals surface area contributed by atoms with Gasteiger partial charge in [-0.15, -0.1) is 0 Å². The van der Waals surface area contributed by atoms with Crippen LogP contribution in [0.1, 0.15) is 30.1 Å². The highest BCUT2D eigenvalue weighted by Crippen LogP contribution is 2.30. The minimum absolute atomic E-state index is 0.0672. The molecule has 0 bridgehead atoms. The number of hydrogen-bond acceptors (Lipinski definition) is 4. The molecule has 2 saturated heterocycles. The van der Waals surface area contributed by atoms with Crippen molar-refractivity contribution in [2.24, 2.45) is 5.92 Å². The van der Waals surface area contributed by atoms with Gasteiger partial charge in [-0.05, 0) is 44.4 Å². The molecule has 6 heteroatoms. The summed E-state index contributed by atoms with van der Waals surface area (Å²) in [5.74, 6) is 0.773. The predicted octanol–water partition coefficient (Wildman–Crippen LogP) is 1.48. The Labute approximate surface area is 135 Å². The zero-order valence-corrected chi connectivity index (χ0v) is 13.2. The first-order chi connectivity index (χ1) is 11.2. The van der Waals surface area contributed by atoms with Crippen molar-refractivity contribution >= 4 is 5.91 Å². The van der Waals surface area contributed by atoms with Crippen molar-refractivity contribution in [3.8, 4) is 5.69 Å². The summed E-state index contributed by atoms with van der Waals surface area (Å²) in [5, 5.41) is 11.9. The molecule has 0 aliphatic carbocycles. The molecule has 2 aliphatic rings. The summed E-state index contributed by atoms with van der Waals surface area (Å²) in [7, 11) is 0. The molecule has 0 saturated carbocycles. The standard InChI is InChI=1S/C17H21N5O/c1-12-10-13-6-7-18-15(13)11-21(12)17(23)14-4-2-3-5-16(14)22-19-8-9-20-22/h2-5,8-9,12-13,15,18H,6-7,10-11H2,1H3/t12-,13-,15+/m1/s1. The summed E-state index contributed by atoms with van der Waals surface area (Å²) in [6.07, 6.45) is 5.55. The van der Waals surface area contributed by atoms with Crippen molar-refractivity contribution in [2.75, 3.05) is 13.1 Å². The Morgan fingerprint density at radius 1 is 1.26 bits per heavy atom. The molecule has 1 aromatic carbocycles. The second-order valence-electron chi connectivity index (χ2n) is 6.49. The zero-order valence-electron chi connectivity index (χ0n) is 13.2. The maximum Gasteiger partial charge on any atom is 0.256 e. The highest BCUT2D eigenvalue weighted by molar-refractivity contribution is 5.98. The van der Waals surface area contributed by atoms with E-state index in [1.807, 2.05) is 29.2 Å². The van der Waals surface area contributed by atoms with Crippen LogP contribution >= 0.6 is 0 Å². The summed E-state index contributed by atoms with van der Waals surface area (Å²) in [6.45, 7) is 4.00. The predicted molar refractivity (Wildman–Crippen MR) is 86.4 cm³/mol. The van der Waals surface area contributed by atoms with Gasteiger partial charge in [0, 0.05) is 18.6 Å². The van der Waals surface area contributed by atoms with Crippen molar-refractivity contribution < 1.29 is 4.79 Å². The van der Waals surface area contributed by atoms with Gasteiger partial charge in [0.2, 0.25) is 0 Å². The van der Waals surface area contributed by atoms with Crippen molar-refractivity contribution in [1.29, 1.82) is 0 Å². The number of aromatic nitrogens is 3. The van der Waals surface area contributed by atoms with Crippen LogP contribution in [-0.4, -0.2) is 51.0 Å². The number of piperidine rings is 1. The summed E-state index contributed by atoms with van der Waals surface area (Å²) >= 11 is 0. The molecule has 6 nitrogen and oxygen atoms in total. The molecule has 0 unspecified atom stereocenters. The number of para-hydroxylation sites is 1. The lowest BCUT2D eigenvalue weighted by Crippen LogP contribution is -2.53. The van der Waals surface area contributed by atoms with Gasteiger partial charge >= 0.3 is 0 Å². The number of carbonyl (C=O) groups is 1. The van der Waals surface area contributed by atoms with Crippen molar-refractivity contribution in [3.63, 3.8) is 0 Å². The first-order valence-electron chi connectivity index (χ1n) is 8.24. The van der Waals surface area contributed by atoms with Gasteiger partial charge in [-0.25, -0.2) is 0 Å². The molecule has 0 spiro atoms. The number of benzene rings is 1. The second kappa shape index (κ2) is 5.77. The molecular formula is C17H21N5O. The molecule has 0 radical (unpaired) electrons. The zero-order chi connectivity index (χ0) is 15.8. The van der Waals surface area contributed by atoms with Crippen LogP contribution in [0.15, 0.2) is 36.7 Å². The summed E-state index contributed by atoms with van der Waals surface area (Å²) < 4.78 is 0. The Morgan fingerprint density at radius 3 is 2.87 bits per heavy atom. The molecule has 1 amide bonds. The molecule has 3 heterocycles. The minimum atomic E-state index is 0.0672. The lowest BCUT2D eigenvalue weighted by Gasteiger charge is -2.40. The molecule has 120 valence electrons. The van der Waals surface area contributed by atoms with Crippen molar-refractivity contribution in [1.82, 2.24) is 25.2 Å². The average Bonchev–Trinajstić information content (AvgIpc) is 3.24. The highest BCUT2D eigenvalue weighted by Gasteiger charge is 2.38. The first-order valence-corrected chi connectivity index (χ1v) is 8.24. The fourth-order valence-electron chi connectivity index (χ4n) is 3.88. The summed E-state index contributed by atoms with van der Waals surface area (Å²) in [6, 6.07) is 8.25. The number of fused-ring (bicyclic) bond motifs is 1. The fraction of sp³-hybridized carbons (Fsp3) is 0.471. The molecule has 2 aliphatic heterocycles. The summed E-state index contributed by atoms with van der Waals surface area (Å²) in [4.78, 5) is 16.7.